The van der Waals surface area contributed by atoms with Crippen LogP contribution in [-0.4, -0.2) is 9.55 Å². The van der Waals surface area contributed by atoms with Gasteiger partial charge in [-0.2, -0.15) is 6.07 Å². The van der Waals surface area contributed by atoms with E-state index in [1.54, 1.807) is 0 Å². The normalized spacial score (nSPS) is 13.2. The van der Waals surface area contributed by atoms with E-state index in [0.717, 1.165) is 44.6 Å². The molecule has 0 N–H and O–H groups in total. The maximum Gasteiger partial charge on any atom is 0.135 e. The summed E-state index contributed by atoms with van der Waals surface area (Å²) in [7, 11) is 0. The zero-order chi connectivity index (χ0) is 35.3. The fourth-order valence-corrected chi connectivity index (χ4v) is 6.65. The van der Waals surface area contributed by atoms with Gasteiger partial charge in [-0.25, -0.2) is 4.98 Å². The summed E-state index contributed by atoms with van der Waals surface area (Å²) < 4.78 is 8.85. The molecule has 7 aromatic rings. The molecule has 6 heteroatoms. The molecule has 1 aliphatic rings. The Balaban J connectivity index is 0.00000420. The van der Waals surface area contributed by atoms with Crippen molar-refractivity contribution in [3.8, 4) is 28.4 Å². The van der Waals surface area contributed by atoms with Gasteiger partial charge in [-0.1, -0.05) is 114 Å². The minimum Gasteiger partial charge on any atom is -0.509 e. The van der Waals surface area contributed by atoms with Crippen molar-refractivity contribution in [2.45, 2.75) is 52.4 Å². The molecule has 2 aromatic heterocycles. The molecule has 8 rings (SSSR count). The van der Waals surface area contributed by atoms with E-state index in [0.29, 0.717) is 11.5 Å². The van der Waals surface area contributed by atoms with Crippen LogP contribution in [0.2, 0.25) is 0 Å². The molecule has 52 heavy (non-hydrogen) atoms. The molecule has 0 fully saturated rings. The van der Waals surface area contributed by atoms with Crippen LogP contribution in [0.15, 0.2) is 134 Å². The minimum atomic E-state index is -0.116. The average Bonchev–Trinajstić information content (AvgIpc) is 3.75. The summed E-state index contributed by atoms with van der Waals surface area (Å²) in [5.41, 5.74) is 8.59. The Morgan fingerprint density at radius 3 is 2.13 bits per heavy atom. The number of nitrogens with zero attached hydrogens (tertiary/aromatic N) is 4. The third kappa shape index (κ3) is 6.78. The van der Waals surface area contributed by atoms with E-state index in [2.05, 4.69) is 190 Å². The van der Waals surface area contributed by atoms with Crippen LogP contribution in [0.1, 0.15) is 52.7 Å². The minimum absolute atomic E-state index is 0. The number of hydrogen-bond acceptors (Lipinski definition) is 4. The fourth-order valence-electron chi connectivity index (χ4n) is 6.65. The number of rotatable bonds is 6. The number of benzene rings is 5. The Kier molecular flexibility index (Phi) is 9.35. The summed E-state index contributed by atoms with van der Waals surface area (Å²) in [4.78, 5) is 9.09. The van der Waals surface area contributed by atoms with Gasteiger partial charge < -0.3 is 19.1 Å². The predicted molar refractivity (Wildman–Crippen MR) is 210 cm³/mol. The molecule has 0 amide bonds. The molecular weight excluding hydrogens is 820 g/mol. The molecular formula is C46H41N4OPt-3. The van der Waals surface area contributed by atoms with Crippen LogP contribution < -0.4 is 14.5 Å². The van der Waals surface area contributed by atoms with Gasteiger partial charge in [0.2, 0.25) is 0 Å². The molecule has 5 aromatic carbocycles. The Morgan fingerprint density at radius 1 is 0.635 bits per heavy atom. The second-order valence-electron chi connectivity index (χ2n) is 15.2. The van der Waals surface area contributed by atoms with Gasteiger partial charge >= 0.3 is 0 Å². The van der Waals surface area contributed by atoms with Crippen molar-refractivity contribution in [1.82, 2.24) is 9.55 Å². The number of ether oxygens (including phenoxy) is 1. The number of hydrogen-bond donors (Lipinski definition) is 0. The summed E-state index contributed by atoms with van der Waals surface area (Å²) in [5, 5.41) is 2.25. The van der Waals surface area contributed by atoms with Crippen LogP contribution in [0.5, 0.6) is 11.5 Å². The van der Waals surface area contributed by atoms with Gasteiger partial charge in [-0.3, -0.25) is 0 Å². The van der Waals surface area contributed by atoms with E-state index in [4.69, 9.17) is 9.72 Å². The summed E-state index contributed by atoms with van der Waals surface area (Å²) in [6.45, 7) is 15.4. The first-order valence-electron chi connectivity index (χ1n) is 17.5. The molecule has 0 saturated carbocycles. The molecule has 0 spiro atoms. The van der Waals surface area contributed by atoms with Crippen molar-refractivity contribution in [1.29, 1.82) is 0 Å². The Bertz CT molecular complexity index is 2420. The third-order valence-corrected chi connectivity index (χ3v) is 9.50. The van der Waals surface area contributed by atoms with Gasteiger partial charge in [0, 0.05) is 55.5 Å². The zero-order valence-electron chi connectivity index (χ0n) is 30.3. The van der Waals surface area contributed by atoms with Gasteiger partial charge in [0.25, 0.3) is 0 Å². The largest absolute Gasteiger partial charge is 0.509 e. The van der Waals surface area contributed by atoms with Crippen LogP contribution >= 0.6 is 0 Å². The molecule has 0 aliphatic carbocycles. The average molecular weight is 861 g/mol. The SMILES string of the molecule is CC(C)(C)c1cc(Oc2[c-]c3c(cc2)c2ccccc2n3-c2cc(C(C)(C)C)ccn2)[c-]c(N2C=CN(c3ccccc3-c3ccccc3)[CH-]2)c1.[Pt]. The van der Waals surface area contributed by atoms with Gasteiger partial charge in [0.15, 0.2) is 0 Å². The predicted octanol–water partition coefficient (Wildman–Crippen LogP) is 11.7. The first-order valence-corrected chi connectivity index (χ1v) is 17.5. The van der Waals surface area contributed by atoms with Gasteiger partial charge in [-0.15, -0.1) is 53.6 Å². The third-order valence-electron chi connectivity index (χ3n) is 9.50. The maximum atomic E-state index is 6.65. The smallest absolute Gasteiger partial charge is 0.135 e. The second kappa shape index (κ2) is 13.8. The molecule has 0 atom stereocenters. The van der Waals surface area contributed by atoms with Crippen LogP contribution in [0.4, 0.5) is 11.4 Å². The van der Waals surface area contributed by atoms with Crippen molar-refractivity contribution >= 4 is 33.2 Å². The molecule has 0 unspecified atom stereocenters. The number of fused-ring (bicyclic) bond motifs is 3. The van der Waals surface area contributed by atoms with E-state index in [-0.39, 0.29) is 31.9 Å². The molecule has 0 bridgehead atoms. The molecule has 3 heterocycles. The van der Waals surface area contributed by atoms with Crippen LogP contribution in [-0.2, 0) is 31.9 Å². The fraction of sp³-hybridized carbons (Fsp3) is 0.174. The second-order valence-corrected chi connectivity index (χ2v) is 15.2. The van der Waals surface area contributed by atoms with Gasteiger partial charge in [0.05, 0.1) is 0 Å². The summed E-state index contributed by atoms with van der Waals surface area (Å²) >= 11 is 0. The van der Waals surface area contributed by atoms with Crippen molar-refractivity contribution in [2.24, 2.45) is 0 Å². The Morgan fingerprint density at radius 2 is 1.35 bits per heavy atom. The van der Waals surface area contributed by atoms with Crippen molar-refractivity contribution in [2.75, 3.05) is 9.80 Å². The van der Waals surface area contributed by atoms with E-state index >= 15 is 0 Å². The molecule has 0 radical (unpaired) electrons. The molecule has 1 aliphatic heterocycles. The number of para-hydroxylation sites is 2. The number of anilines is 2. The number of pyridine rings is 1. The summed E-state index contributed by atoms with van der Waals surface area (Å²) in [5.74, 6) is 2.11. The quantitative estimate of drug-likeness (QED) is 0.156. The first-order chi connectivity index (χ1) is 24.5. The number of aromatic nitrogens is 2. The first kappa shape index (κ1) is 35.3. The van der Waals surface area contributed by atoms with E-state index in [1.165, 1.54) is 16.7 Å². The van der Waals surface area contributed by atoms with Crippen molar-refractivity contribution in [3.05, 3.63) is 164 Å². The van der Waals surface area contributed by atoms with Gasteiger partial charge in [-0.05, 0) is 64.0 Å². The maximum absolute atomic E-state index is 6.65. The van der Waals surface area contributed by atoms with E-state index in [9.17, 15) is 0 Å². The van der Waals surface area contributed by atoms with E-state index in [1.807, 2.05) is 18.3 Å². The van der Waals surface area contributed by atoms with Crippen molar-refractivity contribution in [3.63, 3.8) is 0 Å². The van der Waals surface area contributed by atoms with Crippen molar-refractivity contribution < 1.29 is 25.8 Å². The molecule has 0 saturated heterocycles. The summed E-state index contributed by atoms with van der Waals surface area (Å²) in [6.07, 6.45) is 6.05. The Labute approximate surface area is 321 Å². The zero-order valence-corrected chi connectivity index (χ0v) is 32.6. The summed E-state index contributed by atoms with van der Waals surface area (Å²) in [6, 6.07) is 47.3. The molecule has 5 nitrogen and oxygen atoms in total. The Hall–Kier alpha value is -5.12. The van der Waals surface area contributed by atoms with Gasteiger partial charge in [0.1, 0.15) is 5.82 Å². The van der Waals surface area contributed by atoms with Crippen LogP contribution in [0.25, 0.3) is 38.8 Å². The monoisotopic (exact) mass is 860 g/mol. The van der Waals surface area contributed by atoms with E-state index < -0.39 is 0 Å². The van der Waals surface area contributed by atoms with Crippen LogP contribution in [0.3, 0.4) is 0 Å². The topological polar surface area (TPSA) is 33.5 Å². The van der Waals surface area contributed by atoms with Crippen LogP contribution in [0, 0.1) is 18.8 Å². The molecule has 264 valence electrons. The standard InChI is InChI=1S/C46H41N4O.Pt/c1-45(2,3)33-22-23-47-44(28-33)50-42-19-13-11-17-39(42)40-21-20-36(30-43(40)50)51-37-27-34(46(4,5)6)26-35(29-37)48-24-25-49(31-48)41-18-12-10-16-38(41)32-14-8-7-9-15-32;/h7-28,31H,1-6H3;/q-3;.